The number of nitrogens with one attached hydrogen (secondary N) is 1. The highest BCUT2D eigenvalue weighted by Crippen LogP contribution is 2.48. The molecule has 1 spiro atoms. The first-order chi connectivity index (χ1) is 30.7. The third-order valence-corrected chi connectivity index (χ3v) is 15.4. The minimum absolute atomic E-state index is 0.0843. The number of aromatic nitrogens is 2. The van der Waals surface area contributed by atoms with Crippen molar-refractivity contribution in [2.45, 2.75) is 81.8 Å². The van der Waals surface area contributed by atoms with Crippen LogP contribution < -0.4 is 19.9 Å². The maximum absolute atomic E-state index is 13.7. The first-order valence-corrected chi connectivity index (χ1v) is 22.8. The smallest absolute Gasteiger partial charge is 0.255 e. The van der Waals surface area contributed by atoms with Crippen molar-refractivity contribution >= 4 is 35.3 Å². The summed E-state index contributed by atoms with van der Waals surface area (Å²) in [4.78, 5) is 71.9. The lowest BCUT2D eigenvalue weighted by Crippen LogP contribution is -2.59. The minimum Gasteiger partial charge on any atom is -0.508 e. The fraction of sp³-hybridized carbons (Fsp3) is 0.469. The number of aromatic hydroxyl groups is 1. The molecule has 326 valence electrons. The van der Waals surface area contributed by atoms with Crippen LogP contribution in [0, 0.1) is 5.41 Å². The molecule has 4 aromatic rings. The Balaban J connectivity index is 0.673. The molecule has 6 aliphatic heterocycles. The summed E-state index contributed by atoms with van der Waals surface area (Å²) in [6, 6.07) is 19.8. The van der Waals surface area contributed by atoms with E-state index >= 15 is 0 Å². The highest BCUT2D eigenvalue weighted by molar-refractivity contribution is 6.06. The first kappa shape index (κ1) is 39.8. The Morgan fingerprint density at radius 3 is 2.38 bits per heavy atom. The van der Waals surface area contributed by atoms with Crippen LogP contribution in [-0.4, -0.2) is 124 Å². The third-order valence-electron chi connectivity index (χ3n) is 15.4. The number of fused-ring (bicyclic) bond motifs is 5. The highest BCUT2D eigenvalue weighted by atomic mass is 16.5. The van der Waals surface area contributed by atoms with Gasteiger partial charge in [0, 0.05) is 82.7 Å². The molecule has 0 saturated carbocycles. The largest absolute Gasteiger partial charge is 0.508 e. The Morgan fingerprint density at radius 2 is 1.60 bits per heavy atom. The fourth-order valence-electron chi connectivity index (χ4n) is 11.8. The van der Waals surface area contributed by atoms with Crippen LogP contribution in [0.4, 0.5) is 11.6 Å². The number of carbonyl (C=O) groups is 4. The van der Waals surface area contributed by atoms with E-state index in [4.69, 9.17) is 14.7 Å². The van der Waals surface area contributed by atoms with Crippen molar-refractivity contribution in [2.75, 3.05) is 68.8 Å². The van der Waals surface area contributed by atoms with Crippen molar-refractivity contribution in [1.29, 1.82) is 0 Å². The van der Waals surface area contributed by atoms with Gasteiger partial charge in [0.15, 0.2) is 0 Å². The quantitative estimate of drug-likeness (QED) is 0.262. The molecular formula is C49H54N8O6. The fourth-order valence-corrected chi connectivity index (χ4v) is 11.8. The Bertz CT molecular complexity index is 2450. The van der Waals surface area contributed by atoms with Crippen molar-refractivity contribution in [2.24, 2.45) is 5.41 Å². The van der Waals surface area contributed by atoms with E-state index in [0.717, 1.165) is 101 Å². The van der Waals surface area contributed by atoms with Crippen LogP contribution in [0.1, 0.15) is 95.0 Å². The van der Waals surface area contributed by atoms with Crippen molar-refractivity contribution < 1.29 is 29.0 Å². The van der Waals surface area contributed by atoms with Crippen LogP contribution in [0.5, 0.6) is 11.5 Å². The van der Waals surface area contributed by atoms with Crippen molar-refractivity contribution in [3.05, 3.63) is 106 Å². The van der Waals surface area contributed by atoms with E-state index in [1.54, 1.807) is 11.0 Å². The van der Waals surface area contributed by atoms with E-state index in [2.05, 4.69) is 61.3 Å². The van der Waals surface area contributed by atoms with Gasteiger partial charge in [-0.05, 0) is 108 Å². The Hall–Kier alpha value is -6.02. The van der Waals surface area contributed by atoms with Gasteiger partial charge in [-0.25, -0.2) is 9.97 Å². The topological polar surface area (TPSA) is 152 Å². The molecule has 4 fully saturated rings. The number of carbonyl (C=O) groups excluding carboxylic acids is 4. The van der Waals surface area contributed by atoms with Gasteiger partial charge in [-0.15, -0.1) is 0 Å². The number of hydrogen-bond donors (Lipinski definition) is 2. The Kier molecular flexibility index (Phi) is 10.1. The molecule has 11 rings (SSSR count). The summed E-state index contributed by atoms with van der Waals surface area (Å²) in [6.07, 6.45) is 10.7. The molecule has 1 unspecified atom stereocenters. The number of ether oxygens (including phenoxy) is 1. The number of phenolic OH excluding ortho intramolecular Hbond substituents is 1. The van der Waals surface area contributed by atoms with Crippen LogP contribution >= 0.6 is 0 Å². The zero-order valence-electron chi connectivity index (χ0n) is 35.6. The standard InChI is InChI=1S/C49H54N8O6/c58-36-7-9-38-32(22-36)6-8-37(31-4-2-1-3-5-31)45(38)34-25-50-48(51-26-34)55-18-14-49(15-19-55)12-16-54(17-13-49)44(60)29-53-20-21-56-35(28-53)30-63-42-24-39-33(23-41(42)56)27-57(47(39)62)40-10-11-43(59)52-46(40)61/h1-5,7,9,22-26,35,37,40,45,58H,6,8,10-21,27-30H2,(H,52,59,61)/t35-,37+,40?,45-/m0/s1. The zero-order chi connectivity index (χ0) is 42.8. The van der Waals surface area contributed by atoms with Gasteiger partial charge in [0.25, 0.3) is 5.91 Å². The number of aryl methyl sites for hydroxylation is 1. The normalized spacial score (nSPS) is 25.5. The Morgan fingerprint density at radius 1 is 0.825 bits per heavy atom. The summed E-state index contributed by atoms with van der Waals surface area (Å²) in [6.45, 7) is 6.78. The SMILES string of the molecule is O=C1CCC(N2Cc3cc4c(cc3C2=O)OC[C@@H]2CN(CC(=O)N3CCC5(CC3)CCN(c3ncc([C@@H]6c7ccc(O)cc7CC[C@@H]6c6ccccc6)cn3)CC5)CCN42)C(=O)N1. The van der Waals surface area contributed by atoms with E-state index in [-0.39, 0.29) is 41.5 Å². The average Bonchev–Trinajstić information content (AvgIpc) is 3.62. The van der Waals surface area contributed by atoms with Crippen LogP contribution in [0.2, 0.25) is 0 Å². The number of piperazine rings is 1. The summed E-state index contributed by atoms with van der Waals surface area (Å²) >= 11 is 0. The first-order valence-electron chi connectivity index (χ1n) is 22.8. The highest BCUT2D eigenvalue weighted by Gasteiger charge is 2.43. The monoisotopic (exact) mass is 850 g/mol. The zero-order valence-corrected chi connectivity index (χ0v) is 35.6. The second-order valence-corrected chi connectivity index (χ2v) is 18.9. The average molecular weight is 851 g/mol. The maximum atomic E-state index is 13.7. The molecule has 3 aromatic carbocycles. The lowest BCUT2D eigenvalue weighted by atomic mass is 9.70. The Labute approximate surface area is 367 Å². The third kappa shape index (κ3) is 7.35. The van der Waals surface area contributed by atoms with Crippen molar-refractivity contribution in [1.82, 2.24) is 30.0 Å². The number of likely N-dealkylation sites (tertiary alicyclic amines) is 1. The molecule has 1 aromatic heterocycles. The molecular weight excluding hydrogens is 797 g/mol. The maximum Gasteiger partial charge on any atom is 0.255 e. The molecule has 7 aliphatic rings. The second kappa shape index (κ2) is 16.0. The molecule has 4 atom stereocenters. The molecule has 14 nitrogen and oxygen atoms in total. The van der Waals surface area contributed by atoms with Gasteiger partial charge in [0.2, 0.25) is 23.7 Å². The number of piperidine rings is 3. The lowest BCUT2D eigenvalue weighted by Gasteiger charge is -2.48. The number of nitrogens with zero attached hydrogens (tertiary/aromatic N) is 7. The van der Waals surface area contributed by atoms with Crippen molar-refractivity contribution in [3.63, 3.8) is 0 Å². The number of phenols is 1. The number of amides is 4. The predicted octanol–water partition coefficient (Wildman–Crippen LogP) is 4.60. The number of benzene rings is 3. The molecule has 4 saturated heterocycles. The van der Waals surface area contributed by atoms with Crippen LogP contribution in [-0.2, 0) is 27.3 Å². The van der Waals surface area contributed by atoms with Crippen LogP contribution in [0.15, 0.2) is 73.1 Å². The number of hydrogen-bond acceptors (Lipinski definition) is 11. The summed E-state index contributed by atoms with van der Waals surface area (Å²) in [5.41, 5.74) is 7.46. The van der Waals surface area contributed by atoms with Gasteiger partial charge in [-0.2, -0.15) is 0 Å². The minimum atomic E-state index is -0.656. The molecule has 0 radical (unpaired) electrons. The van der Waals surface area contributed by atoms with Crippen molar-refractivity contribution in [3.8, 4) is 11.5 Å². The molecule has 2 N–H and O–H groups in total. The lowest BCUT2D eigenvalue weighted by molar-refractivity contribution is -0.137. The van der Waals surface area contributed by atoms with Gasteiger partial charge in [0.05, 0.1) is 18.3 Å². The van der Waals surface area contributed by atoms with Gasteiger partial charge in [-0.1, -0.05) is 36.4 Å². The number of imide groups is 1. The second-order valence-electron chi connectivity index (χ2n) is 18.9. The molecule has 1 aliphatic carbocycles. The molecule has 4 amide bonds. The van der Waals surface area contributed by atoms with E-state index in [1.807, 2.05) is 30.6 Å². The van der Waals surface area contributed by atoms with Gasteiger partial charge in [-0.3, -0.25) is 29.4 Å². The summed E-state index contributed by atoms with van der Waals surface area (Å²) < 4.78 is 6.24. The van der Waals surface area contributed by atoms with Gasteiger partial charge in [0.1, 0.15) is 24.1 Å². The van der Waals surface area contributed by atoms with Crippen LogP contribution in [0.25, 0.3) is 0 Å². The number of anilines is 2. The predicted molar refractivity (Wildman–Crippen MR) is 235 cm³/mol. The van der Waals surface area contributed by atoms with Crippen LogP contribution in [0.3, 0.4) is 0 Å². The molecule has 14 heteroatoms. The summed E-state index contributed by atoms with van der Waals surface area (Å²) in [5.74, 6) is 1.46. The molecule has 63 heavy (non-hydrogen) atoms. The van der Waals surface area contributed by atoms with Gasteiger partial charge >= 0.3 is 0 Å². The van der Waals surface area contributed by atoms with E-state index < -0.39 is 11.9 Å². The van der Waals surface area contributed by atoms with E-state index in [9.17, 15) is 24.3 Å². The van der Waals surface area contributed by atoms with E-state index in [1.165, 1.54) is 16.7 Å². The molecule has 7 heterocycles. The molecule has 0 bridgehead atoms. The number of rotatable bonds is 6. The van der Waals surface area contributed by atoms with Gasteiger partial charge < -0.3 is 29.4 Å². The summed E-state index contributed by atoms with van der Waals surface area (Å²) in [5, 5.41) is 12.6. The van der Waals surface area contributed by atoms with E-state index in [0.29, 0.717) is 55.6 Å². The summed E-state index contributed by atoms with van der Waals surface area (Å²) in [7, 11) is 0.